The van der Waals surface area contributed by atoms with E-state index in [1.807, 2.05) is 0 Å². The molecule has 0 saturated carbocycles. The predicted octanol–water partition coefficient (Wildman–Crippen LogP) is 1.80. The molecule has 1 amide bonds. The topological polar surface area (TPSA) is 50.4 Å². The number of amides is 1. The lowest BCUT2D eigenvalue weighted by atomic mass is 10.1. The van der Waals surface area contributed by atoms with Crippen molar-refractivity contribution < 1.29 is 13.9 Å². The molecule has 0 radical (unpaired) electrons. The first-order valence-electron chi connectivity index (χ1n) is 5.55. The van der Waals surface area contributed by atoms with Gasteiger partial charge < -0.3 is 15.4 Å². The van der Waals surface area contributed by atoms with Gasteiger partial charge in [0.2, 0.25) is 5.91 Å². The van der Waals surface area contributed by atoms with Gasteiger partial charge in [-0.05, 0) is 19.0 Å². The van der Waals surface area contributed by atoms with Gasteiger partial charge in [0.1, 0.15) is 11.6 Å². The Bertz CT molecular complexity index is 423. The zero-order chi connectivity index (χ0) is 12.3. The standard InChI is InChI=1S/C12H15FN2O2.ClH/c1-17-11-5-9(13)4-10(6-11)15-12(16)8-2-3-14-7-8;/h4-6,8,14H,2-3,7H2,1H3,(H,15,16);1H. The number of carbonyl (C=O) groups is 1. The van der Waals surface area contributed by atoms with Gasteiger partial charge in [-0.15, -0.1) is 12.4 Å². The van der Waals surface area contributed by atoms with Gasteiger partial charge in [-0.1, -0.05) is 0 Å². The van der Waals surface area contributed by atoms with Crippen LogP contribution in [0.25, 0.3) is 0 Å². The number of hydrogen-bond donors (Lipinski definition) is 2. The van der Waals surface area contributed by atoms with Crippen molar-refractivity contribution in [2.45, 2.75) is 6.42 Å². The summed E-state index contributed by atoms with van der Waals surface area (Å²) in [5.41, 5.74) is 0.429. The van der Waals surface area contributed by atoms with Crippen LogP contribution in [0.3, 0.4) is 0 Å². The minimum Gasteiger partial charge on any atom is -0.497 e. The van der Waals surface area contributed by atoms with Crippen molar-refractivity contribution in [2.75, 3.05) is 25.5 Å². The Hall–Kier alpha value is -1.33. The second kappa shape index (κ2) is 6.56. The molecular formula is C12H16ClFN2O2. The highest BCUT2D eigenvalue weighted by Crippen LogP contribution is 2.21. The zero-order valence-electron chi connectivity index (χ0n) is 10.0. The quantitative estimate of drug-likeness (QED) is 0.884. The van der Waals surface area contributed by atoms with E-state index in [1.165, 1.54) is 19.2 Å². The highest BCUT2D eigenvalue weighted by Gasteiger charge is 2.22. The molecule has 100 valence electrons. The molecule has 1 fully saturated rings. The molecule has 1 aromatic rings. The number of nitrogens with one attached hydrogen (secondary N) is 2. The van der Waals surface area contributed by atoms with E-state index >= 15 is 0 Å². The number of benzene rings is 1. The van der Waals surface area contributed by atoms with E-state index in [-0.39, 0.29) is 24.2 Å². The average Bonchev–Trinajstić information content (AvgIpc) is 2.81. The van der Waals surface area contributed by atoms with Crippen LogP contribution < -0.4 is 15.4 Å². The van der Waals surface area contributed by atoms with Crippen molar-refractivity contribution >= 4 is 24.0 Å². The molecule has 0 bridgehead atoms. The van der Waals surface area contributed by atoms with E-state index in [4.69, 9.17) is 4.74 Å². The van der Waals surface area contributed by atoms with Gasteiger partial charge in [0.15, 0.2) is 0 Å². The van der Waals surface area contributed by atoms with Gasteiger partial charge in [-0.25, -0.2) is 4.39 Å². The molecule has 0 spiro atoms. The third-order valence-corrected chi connectivity index (χ3v) is 2.81. The SMILES string of the molecule is COc1cc(F)cc(NC(=O)C2CCNC2)c1.Cl. The molecule has 1 heterocycles. The van der Waals surface area contributed by atoms with E-state index in [1.54, 1.807) is 6.07 Å². The molecule has 0 aliphatic carbocycles. The minimum atomic E-state index is -0.427. The van der Waals surface area contributed by atoms with E-state index in [0.717, 1.165) is 13.0 Å². The number of ether oxygens (including phenoxy) is 1. The lowest BCUT2D eigenvalue weighted by Gasteiger charge is -2.11. The maximum Gasteiger partial charge on any atom is 0.228 e. The molecule has 4 nitrogen and oxygen atoms in total. The smallest absolute Gasteiger partial charge is 0.228 e. The first-order valence-corrected chi connectivity index (χ1v) is 5.55. The summed E-state index contributed by atoms with van der Waals surface area (Å²) in [6, 6.07) is 4.15. The van der Waals surface area contributed by atoms with Gasteiger partial charge in [0.05, 0.1) is 13.0 Å². The highest BCUT2D eigenvalue weighted by molar-refractivity contribution is 5.93. The van der Waals surface area contributed by atoms with E-state index in [2.05, 4.69) is 10.6 Å². The number of carbonyl (C=O) groups excluding carboxylic acids is 1. The van der Waals surface area contributed by atoms with Crippen molar-refractivity contribution in [2.24, 2.45) is 5.92 Å². The third kappa shape index (κ3) is 3.58. The molecule has 1 saturated heterocycles. The Morgan fingerprint density at radius 2 is 2.28 bits per heavy atom. The Morgan fingerprint density at radius 1 is 1.50 bits per heavy atom. The van der Waals surface area contributed by atoms with Gasteiger partial charge in [-0.2, -0.15) is 0 Å². The van der Waals surface area contributed by atoms with E-state index < -0.39 is 5.82 Å². The molecule has 0 aromatic heterocycles. The highest BCUT2D eigenvalue weighted by atomic mass is 35.5. The van der Waals surface area contributed by atoms with E-state index in [9.17, 15) is 9.18 Å². The van der Waals surface area contributed by atoms with Crippen LogP contribution in [0.2, 0.25) is 0 Å². The van der Waals surface area contributed by atoms with Gasteiger partial charge in [0.25, 0.3) is 0 Å². The van der Waals surface area contributed by atoms with Crippen molar-refractivity contribution in [3.05, 3.63) is 24.0 Å². The van der Waals surface area contributed by atoms with Gasteiger partial charge >= 0.3 is 0 Å². The number of halogens is 2. The molecule has 6 heteroatoms. The van der Waals surface area contributed by atoms with Crippen LogP contribution in [0.15, 0.2) is 18.2 Å². The van der Waals surface area contributed by atoms with Crippen molar-refractivity contribution in [3.63, 3.8) is 0 Å². The second-order valence-electron chi connectivity index (χ2n) is 4.06. The maximum absolute atomic E-state index is 13.2. The van der Waals surface area contributed by atoms with Crippen molar-refractivity contribution in [1.82, 2.24) is 5.32 Å². The summed E-state index contributed by atoms with van der Waals surface area (Å²) in [5.74, 6) is -0.152. The average molecular weight is 275 g/mol. The summed E-state index contributed by atoms with van der Waals surface area (Å²) in [6.07, 6.45) is 0.818. The first-order chi connectivity index (χ1) is 8.19. The van der Waals surface area contributed by atoms with Crippen LogP contribution in [-0.2, 0) is 4.79 Å². The summed E-state index contributed by atoms with van der Waals surface area (Å²) in [4.78, 5) is 11.8. The van der Waals surface area contributed by atoms with Crippen LogP contribution >= 0.6 is 12.4 Å². The molecule has 2 rings (SSSR count). The fourth-order valence-electron chi connectivity index (χ4n) is 1.88. The zero-order valence-corrected chi connectivity index (χ0v) is 10.8. The van der Waals surface area contributed by atoms with Crippen LogP contribution in [-0.4, -0.2) is 26.1 Å². The fourth-order valence-corrected chi connectivity index (χ4v) is 1.88. The summed E-state index contributed by atoms with van der Waals surface area (Å²) < 4.78 is 18.1. The molecule has 2 N–H and O–H groups in total. The number of rotatable bonds is 3. The molecular weight excluding hydrogens is 259 g/mol. The normalized spacial score (nSPS) is 18.0. The summed E-state index contributed by atoms with van der Waals surface area (Å²) in [5, 5.41) is 5.81. The Kier molecular flexibility index (Phi) is 5.37. The second-order valence-corrected chi connectivity index (χ2v) is 4.06. The van der Waals surface area contributed by atoms with Crippen molar-refractivity contribution in [3.8, 4) is 5.75 Å². The molecule has 1 atom stereocenters. The maximum atomic E-state index is 13.2. The van der Waals surface area contributed by atoms with Crippen LogP contribution in [0.5, 0.6) is 5.75 Å². The number of hydrogen-bond acceptors (Lipinski definition) is 3. The minimum absolute atomic E-state index is 0. The van der Waals surface area contributed by atoms with Crippen LogP contribution in [0.4, 0.5) is 10.1 Å². The predicted molar refractivity (Wildman–Crippen MR) is 69.8 cm³/mol. The number of anilines is 1. The molecule has 1 aliphatic heterocycles. The fraction of sp³-hybridized carbons (Fsp3) is 0.417. The molecule has 18 heavy (non-hydrogen) atoms. The van der Waals surface area contributed by atoms with Gasteiger partial charge in [-0.3, -0.25) is 4.79 Å². The monoisotopic (exact) mass is 274 g/mol. The Balaban J connectivity index is 0.00000162. The van der Waals surface area contributed by atoms with Crippen molar-refractivity contribution in [1.29, 1.82) is 0 Å². The van der Waals surface area contributed by atoms with E-state index in [0.29, 0.717) is 18.0 Å². The summed E-state index contributed by atoms with van der Waals surface area (Å²) >= 11 is 0. The van der Waals surface area contributed by atoms with Gasteiger partial charge in [0, 0.05) is 24.4 Å². The molecule has 1 aromatic carbocycles. The third-order valence-electron chi connectivity index (χ3n) is 2.81. The Labute approximate surface area is 111 Å². The van der Waals surface area contributed by atoms with Crippen LogP contribution in [0, 0.1) is 11.7 Å². The summed E-state index contributed by atoms with van der Waals surface area (Å²) in [7, 11) is 1.46. The van der Waals surface area contributed by atoms with Crippen LogP contribution in [0.1, 0.15) is 6.42 Å². The lowest BCUT2D eigenvalue weighted by molar-refractivity contribution is -0.119. The summed E-state index contributed by atoms with van der Waals surface area (Å²) in [6.45, 7) is 1.53. The Morgan fingerprint density at radius 3 is 2.89 bits per heavy atom. The molecule has 1 unspecified atom stereocenters. The number of methoxy groups -OCH3 is 1. The lowest BCUT2D eigenvalue weighted by Crippen LogP contribution is -2.24. The first kappa shape index (κ1) is 14.7. The molecule has 1 aliphatic rings. The largest absolute Gasteiger partial charge is 0.497 e.